The third kappa shape index (κ3) is 4.47. The second-order valence-corrected chi connectivity index (χ2v) is 16.2. The highest BCUT2D eigenvalue weighted by Gasteiger charge is 2.45. The van der Waals surface area contributed by atoms with Crippen molar-refractivity contribution in [3.8, 4) is 0 Å². The summed E-state index contributed by atoms with van der Waals surface area (Å²) in [6, 6.07) is 9.56. The van der Waals surface area contributed by atoms with Crippen LogP contribution in [-0.4, -0.2) is 5.25 Å². The van der Waals surface area contributed by atoms with E-state index in [1.54, 1.807) is 38.3 Å². The zero-order valence-electron chi connectivity index (χ0n) is 25.8. The molecule has 0 aromatic heterocycles. The van der Waals surface area contributed by atoms with E-state index in [0.29, 0.717) is 23.7 Å². The molecule has 0 spiro atoms. The van der Waals surface area contributed by atoms with Crippen molar-refractivity contribution in [2.24, 2.45) is 35.5 Å². The molecule has 9 rings (SSSR count). The molecule has 0 nitrogen and oxygen atoms in total. The second-order valence-electron chi connectivity index (χ2n) is 14.8. The first-order valence-corrected chi connectivity index (χ1v) is 18.4. The quantitative estimate of drug-likeness (QED) is 0.313. The average molecular weight is 583 g/mol. The molecule has 8 aliphatic rings. The van der Waals surface area contributed by atoms with Gasteiger partial charge >= 0.3 is 0 Å². The SMILES string of the molecule is C[C@H]1C(C2=CCC3SC4=C(C=CCC4)C3C2)c2ccccc2C2C=C(C3=CC=C4CCCC5C=CCCC5C4C3)C=CC21. The molecule has 1 aromatic carbocycles. The molecule has 0 saturated heterocycles. The molecule has 0 N–H and O–H groups in total. The Hall–Kier alpha value is -2.51. The number of benzene rings is 1. The summed E-state index contributed by atoms with van der Waals surface area (Å²) in [7, 11) is 0. The summed E-state index contributed by atoms with van der Waals surface area (Å²) in [4.78, 5) is 1.70. The van der Waals surface area contributed by atoms with Crippen LogP contribution in [0.2, 0.25) is 0 Å². The minimum absolute atomic E-state index is 0.489. The van der Waals surface area contributed by atoms with Crippen LogP contribution in [0.5, 0.6) is 0 Å². The van der Waals surface area contributed by atoms with Gasteiger partial charge in [0.2, 0.25) is 0 Å². The number of rotatable bonds is 2. The van der Waals surface area contributed by atoms with E-state index < -0.39 is 0 Å². The summed E-state index contributed by atoms with van der Waals surface area (Å²) in [5, 5.41) is 0.769. The maximum Gasteiger partial charge on any atom is 0.0198 e. The minimum Gasteiger partial charge on any atom is -0.126 e. The van der Waals surface area contributed by atoms with E-state index in [2.05, 4.69) is 104 Å². The predicted molar refractivity (Wildman–Crippen MR) is 183 cm³/mol. The molecule has 1 saturated carbocycles. The molecule has 0 bridgehead atoms. The van der Waals surface area contributed by atoms with Crippen LogP contribution >= 0.6 is 11.8 Å². The first-order valence-electron chi connectivity index (χ1n) is 17.5. The highest BCUT2D eigenvalue weighted by Crippen LogP contribution is 2.58. The largest absolute Gasteiger partial charge is 0.126 e. The summed E-state index contributed by atoms with van der Waals surface area (Å²) in [5.41, 5.74) is 11.5. The van der Waals surface area contributed by atoms with Crippen molar-refractivity contribution in [3.63, 3.8) is 0 Å². The number of thioether (sulfide) groups is 1. The van der Waals surface area contributed by atoms with Gasteiger partial charge in [0.05, 0.1) is 0 Å². The Morgan fingerprint density at radius 3 is 2.72 bits per heavy atom. The second kappa shape index (κ2) is 10.8. The van der Waals surface area contributed by atoms with Crippen LogP contribution in [0.3, 0.4) is 0 Å². The summed E-state index contributed by atoms with van der Waals surface area (Å²) >= 11 is 2.21. The van der Waals surface area contributed by atoms with Crippen LogP contribution in [0.25, 0.3) is 0 Å². The minimum atomic E-state index is 0.489. The van der Waals surface area contributed by atoms with Crippen LogP contribution < -0.4 is 0 Å². The van der Waals surface area contributed by atoms with E-state index in [4.69, 9.17) is 0 Å². The van der Waals surface area contributed by atoms with Crippen LogP contribution in [0.1, 0.15) is 94.1 Å². The standard InChI is InChI=1S/C42H46S/c1-26-32-21-19-30(29-18-17-28-11-8-10-27-9-2-3-12-33(27)37(28)23-29)24-38(32)34-13-4-5-15-36(34)42(26)31-20-22-41-39(25-31)35-14-6-7-16-40(35)43-41/h2,4-6,9,13-15,17-21,24,26-27,32-33,37-39,41-42H,3,7-8,10-12,16,22-23,25H2,1H3/t26-,27?,32?,33?,37?,38?,39?,41?,42?/m1/s1. The van der Waals surface area contributed by atoms with Crippen molar-refractivity contribution in [1.82, 2.24) is 0 Å². The fourth-order valence-electron chi connectivity index (χ4n) is 10.7. The molecule has 9 atom stereocenters. The maximum absolute atomic E-state index is 2.69. The fraction of sp³-hybridized carbons (Fsp3) is 0.476. The van der Waals surface area contributed by atoms with Gasteiger partial charge in [-0.15, -0.1) is 11.8 Å². The Kier molecular flexibility index (Phi) is 6.77. The van der Waals surface area contributed by atoms with E-state index in [0.717, 1.165) is 28.9 Å². The molecular weight excluding hydrogens is 537 g/mol. The molecule has 220 valence electrons. The van der Waals surface area contributed by atoms with E-state index in [-0.39, 0.29) is 0 Å². The van der Waals surface area contributed by atoms with Gasteiger partial charge in [0, 0.05) is 23.0 Å². The van der Waals surface area contributed by atoms with E-state index >= 15 is 0 Å². The normalized spacial score (nSPS) is 39.1. The molecule has 8 unspecified atom stereocenters. The Bertz CT molecular complexity index is 1570. The molecule has 1 heteroatoms. The maximum atomic E-state index is 2.69. The Morgan fingerprint density at radius 1 is 0.837 bits per heavy atom. The van der Waals surface area contributed by atoms with E-state index in [1.807, 2.05) is 0 Å². The highest BCUT2D eigenvalue weighted by atomic mass is 32.2. The molecule has 1 aromatic rings. The van der Waals surface area contributed by atoms with Crippen molar-refractivity contribution < 1.29 is 0 Å². The number of hydrogen-bond donors (Lipinski definition) is 0. The highest BCUT2D eigenvalue weighted by molar-refractivity contribution is 8.04. The van der Waals surface area contributed by atoms with E-state index in [9.17, 15) is 0 Å². The van der Waals surface area contributed by atoms with Crippen molar-refractivity contribution in [3.05, 3.63) is 129 Å². The topological polar surface area (TPSA) is 0 Å². The predicted octanol–water partition coefficient (Wildman–Crippen LogP) is 11.3. The fourth-order valence-corrected chi connectivity index (χ4v) is 12.2. The van der Waals surface area contributed by atoms with Crippen LogP contribution in [0.15, 0.2) is 118 Å². The average Bonchev–Trinajstić information content (AvgIpc) is 3.32. The number of allylic oxidation sites excluding steroid dienone is 16. The Balaban J connectivity index is 1.02. The molecule has 1 heterocycles. The van der Waals surface area contributed by atoms with Gasteiger partial charge in [-0.3, -0.25) is 0 Å². The lowest BCUT2D eigenvalue weighted by Gasteiger charge is -2.45. The molecule has 0 amide bonds. The number of hydrogen-bond acceptors (Lipinski definition) is 1. The van der Waals surface area contributed by atoms with Gasteiger partial charge in [0.15, 0.2) is 0 Å². The zero-order valence-corrected chi connectivity index (χ0v) is 26.6. The van der Waals surface area contributed by atoms with E-state index in [1.165, 1.54) is 69.8 Å². The van der Waals surface area contributed by atoms with Crippen molar-refractivity contribution in [2.45, 2.75) is 88.2 Å². The first-order chi connectivity index (χ1) is 21.2. The third-order valence-electron chi connectivity index (χ3n) is 12.8. The van der Waals surface area contributed by atoms with Gasteiger partial charge in [0.1, 0.15) is 0 Å². The lowest BCUT2D eigenvalue weighted by atomic mass is 9.59. The van der Waals surface area contributed by atoms with Crippen molar-refractivity contribution in [2.75, 3.05) is 0 Å². The molecular formula is C42H46S. The molecule has 0 radical (unpaired) electrons. The zero-order chi connectivity index (χ0) is 28.5. The Labute approximate surface area is 263 Å². The van der Waals surface area contributed by atoms with Crippen LogP contribution in [-0.2, 0) is 0 Å². The van der Waals surface area contributed by atoms with Crippen molar-refractivity contribution >= 4 is 11.8 Å². The van der Waals surface area contributed by atoms with Crippen molar-refractivity contribution in [1.29, 1.82) is 0 Å². The molecule has 1 aliphatic heterocycles. The summed E-state index contributed by atoms with van der Waals surface area (Å²) < 4.78 is 0. The smallest absolute Gasteiger partial charge is 0.0198 e. The van der Waals surface area contributed by atoms with Crippen LogP contribution in [0.4, 0.5) is 0 Å². The first kappa shape index (κ1) is 26.9. The summed E-state index contributed by atoms with van der Waals surface area (Å²) in [6.45, 7) is 2.57. The lowest BCUT2D eigenvalue weighted by molar-refractivity contribution is 0.266. The summed E-state index contributed by atoms with van der Waals surface area (Å²) in [5.74, 6) is 5.34. The third-order valence-corrected chi connectivity index (χ3v) is 14.3. The molecule has 1 fully saturated rings. The van der Waals surface area contributed by atoms with Gasteiger partial charge in [0.25, 0.3) is 0 Å². The molecule has 43 heavy (non-hydrogen) atoms. The Morgan fingerprint density at radius 2 is 1.77 bits per heavy atom. The monoisotopic (exact) mass is 582 g/mol. The van der Waals surface area contributed by atoms with Gasteiger partial charge in [-0.05, 0) is 127 Å². The van der Waals surface area contributed by atoms with Gasteiger partial charge < -0.3 is 0 Å². The van der Waals surface area contributed by atoms with Gasteiger partial charge in [-0.2, -0.15) is 0 Å². The lowest BCUT2D eigenvalue weighted by Crippen LogP contribution is -2.34. The van der Waals surface area contributed by atoms with Crippen LogP contribution in [0, 0.1) is 35.5 Å². The van der Waals surface area contributed by atoms with Gasteiger partial charge in [-0.25, -0.2) is 0 Å². The number of fused-ring (bicyclic) bond motifs is 8. The van der Waals surface area contributed by atoms with Gasteiger partial charge in [-0.1, -0.05) is 103 Å². The summed E-state index contributed by atoms with van der Waals surface area (Å²) in [6.07, 6.45) is 38.5. The molecule has 7 aliphatic carbocycles.